The number of hydrogen-bond donors (Lipinski definition) is 0. The number of nitrogens with zero attached hydrogens (tertiary/aromatic N) is 1. The maximum atomic E-state index is 11.6. The molecule has 0 aromatic heterocycles. The lowest BCUT2D eigenvalue weighted by atomic mass is 9.78. The highest BCUT2D eigenvalue weighted by molar-refractivity contribution is 5.69. The Morgan fingerprint density at radius 2 is 1.50 bits per heavy atom. The molecule has 0 N–H and O–H groups in total. The van der Waals surface area contributed by atoms with E-state index < -0.39 is 0 Å². The molecule has 0 amide bonds. The molecule has 0 bridgehead atoms. The van der Waals surface area contributed by atoms with Crippen LogP contribution in [0.3, 0.4) is 0 Å². The van der Waals surface area contributed by atoms with E-state index in [2.05, 4.69) is 4.90 Å². The minimum absolute atomic E-state index is 0.0521. The Kier molecular flexibility index (Phi) is 7.55. The van der Waals surface area contributed by atoms with E-state index >= 15 is 0 Å². The van der Waals surface area contributed by atoms with Gasteiger partial charge in [0.2, 0.25) is 0 Å². The van der Waals surface area contributed by atoms with Crippen molar-refractivity contribution >= 4 is 5.97 Å². The van der Waals surface area contributed by atoms with Gasteiger partial charge in [0.1, 0.15) is 5.60 Å². The zero-order chi connectivity index (χ0) is 17.5. The lowest BCUT2D eigenvalue weighted by molar-refractivity contribution is -0.188. The monoisotopic (exact) mass is 339 g/mol. The first-order valence-electron chi connectivity index (χ1n) is 9.91. The molecule has 1 spiro atoms. The summed E-state index contributed by atoms with van der Waals surface area (Å²) in [6, 6.07) is 0. The van der Waals surface area contributed by atoms with E-state index in [1.54, 1.807) is 0 Å². The lowest BCUT2D eigenvalue weighted by Gasteiger charge is -2.55. The molecule has 2 saturated heterocycles. The van der Waals surface area contributed by atoms with Gasteiger partial charge in [-0.2, -0.15) is 0 Å². The van der Waals surface area contributed by atoms with Crippen LogP contribution in [-0.4, -0.2) is 49.3 Å². The van der Waals surface area contributed by atoms with Gasteiger partial charge in [-0.25, -0.2) is 0 Å². The van der Waals surface area contributed by atoms with Gasteiger partial charge in [0.05, 0.1) is 13.2 Å². The number of ether oxygens (including phenoxy) is 2. The molecule has 2 fully saturated rings. The Bertz CT molecular complexity index is 377. The third-order valence-electron chi connectivity index (χ3n) is 4.96. The molecule has 140 valence electrons. The van der Waals surface area contributed by atoms with Crippen LogP contribution < -0.4 is 0 Å². The Balaban J connectivity index is 1.29. The molecule has 2 rings (SSSR count). The van der Waals surface area contributed by atoms with Crippen molar-refractivity contribution in [3.63, 3.8) is 0 Å². The Hall–Kier alpha value is -0.610. The van der Waals surface area contributed by atoms with Gasteiger partial charge in [-0.05, 0) is 40.2 Å². The molecule has 24 heavy (non-hydrogen) atoms. The zero-order valence-corrected chi connectivity index (χ0v) is 16.1. The number of unbranched alkanes of at least 4 members (excludes halogenated alkanes) is 7. The zero-order valence-electron chi connectivity index (χ0n) is 16.1. The van der Waals surface area contributed by atoms with E-state index in [0.29, 0.717) is 11.8 Å². The molecule has 2 aliphatic heterocycles. The average Bonchev–Trinajstić information content (AvgIpc) is 2.38. The molecule has 4 nitrogen and oxygen atoms in total. The average molecular weight is 340 g/mol. The molecule has 0 saturated carbocycles. The summed E-state index contributed by atoms with van der Waals surface area (Å²) < 4.78 is 10.6. The number of hydrogen-bond acceptors (Lipinski definition) is 4. The van der Waals surface area contributed by atoms with Crippen LogP contribution in [0.4, 0.5) is 0 Å². The first-order valence-corrected chi connectivity index (χ1v) is 9.91. The van der Waals surface area contributed by atoms with Gasteiger partial charge in [-0.1, -0.05) is 38.5 Å². The molecule has 0 aromatic rings. The SMILES string of the molecule is CC(C)(C)OC(=O)CCCCCCCCCCN1CC2(COC2)C1. The van der Waals surface area contributed by atoms with Crippen LogP contribution in [0.1, 0.15) is 78.6 Å². The molecule has 0 unspecified atom stereocenters. The first kappa shape index (κ1) is 19.7. The summed E-state index contributed by atoms with van der Waals surface area (Å²) in [6.45, 7) is 11.6. The summed E-state index contributed by atoms with van der Waals surface area (Å²) >= 11 is 0. The van der Waals surface area contributed by atoms with E-state index in [1.807, 2.05) is 20.8 Å². The molecule has 4 heteroatoms. The lowest BCUT2D eigenvalue weighted by Crippen LogP contribution is -2.65. The molecular weight excluding hydrogens is 302 g/mol. The quantitative estimate of drug-likeness (QED) is 0.418. The van der Waals surface area contributed by atoms with Crippen molar-refractivity contribution < 1.29 is 14.3 Å². The number of carbonyl (C=O) groups is 1. The summed E-state index contributed by atoms with van der Waals surface area (Å²) in [5, 5.41) is 0. The number of carbonyl (C=O) groups excluding carboxylic acids is 1. The highest BCUT2D eigenvalue weighted by atomic mass is 16.6. The van der Waals surface area contributed by atoms with Crippen molar-refractivity contribution in [2.45, 2.75) is 84.2 Å². The molecule has 0 aliphatic carbocycles. The van der Waals surface area contributed by atoms with Crippen molar-refractivity contribution in [1.29, 1.82) is 0 Å². The summed E-state index contributed by atoms with van der Waals surface area (Å²) in [5.41, 5.74) is 0.221. The minimum Gasteiger partial charge on any atom is -0.460 e. The predicted octanol–water partition coefficient (Wildman–Crippen LogP) is 4.17. The van der Waals surface area contributed by atoms with Crippen molar-refractivity contribution in [3.05, 3.63) is 0 Å². The normalized spacial score (nSPS) is 19.8. The van der Waals surface area contributed by atoms with Crippen molar-refractivity contribution in [2.75, 3.05) is 32.8 Å². The Morgan fingerprint density at radius 1 is 0.958 bits per heavy atom. The maximum absolute atomic E-state index is 11.6. The summed E-state index contributed by atoms with van der Waals surface area (Å²) in [4.78, 5) is 14.2. The van der Waals surface area contributed by atoms with Crippen LogP contribution in [0, 0.1) is 5.41 Å². The smallest absolute Gasteiger partial charge is 0.306 e. The Morgan fingerprint density at radius 3 is 2.00 bits per heavy atom. The Labute approximate surface area is 148 Å². The maximum Gasteiger partial charge on any atom is 0.306 e. The third-order valence-corrected chi connectivity index (χ3v) is 4.96. The van der Waals surface area contributed by atoms with Crippen LogP contribution in [-0.2, 0) is 14.3 Å². The van der Waals surface area contributed by atoms with Crippen LogP contribution in [0.25, 0.3) is 0 Å². The van der Waals surface area contributed by atoms with E-state index in [9.17, 15) is 4.79 Å². The van der Waals surface area contributed by atoms with Crippen LogP contribution in [0.15, 0.2) is 0 Å². The van der Waals surface area contributed by atoms with Gasteiger partial charge >= 0.3 is 5.97 Å². The highest BCUT2D eigenvalue weighted by Gasteiger charge is 2.48. The van der Waals surface area contributed by atoms with Gasteiger partial charge in [-0.3, -0.25) is 4.79 Å². The van der Waals surface area contributed by atoms with Crippen LogP contribution in [0.2, 0.25) is 0 Å². The largest absolute Gasteiger partial charge is 0.460 e. The van der Waals surface area contributed by atoms with E-state index in [4.69, 9.17) is 9.47 Å². The van der Waals surface area contributed by atoms with Crippen molar-refractivity contribution in [2.24, 2.45) is 5.41 Å². The van der Waals surface area contributed by atoms with Crippen LogP contribution in [0.5, 0.6) is 0 Å². The molecule has 0 atom stereocenters. The van der Waals surface area contributed by atoms with Gasteiger partial charge in [-0.15, -0.1) is 0 Å². The fourth-order valence-electron chi connectivity index (χ4n) is 3.69. The van der Waals surface area contributed by atoms with Gasteiger partial charge < -0.3 is 14.4 Å². The fraction of sp³-hybridized carbons (Fsp3) is 0.950. The fourth-order valence-corrected chi connectivity index (χ4v) is 3.69. The molecule has 0 radical (unpaired) electrons. The van der Waals surface area contributed by atoms with Gasteiger partial charge in [0.25, 0.3) is 0 Å². The number of likely N-dealkylation sites (tertiary alicyclic amines) is 1. The molecule has 2 heterocycles. The van der Waals surface area contributed by atoms with Crippen molar-refractivity contribution in [3.8, 4) is 0 Å². The standard InChI is InChI=1S/C20H37NO3/c1-19(2,3)24-18(22)12-10-8-6-4-5-7-9-11-13-21-14-20(15-21)16-23-17-20/h4-17H2,1-3H3. The number of rotatable bonds is 11. The molecule has 0 aromatic carbocycles. The van der Waals surface area contributed by atoms with Gasteiger partial charge in [0, 0.05) is 24.9 Å². The summed E-state index contributed by atoms with van der Waals surface area (Å²) in [6.07, 6.45) is 10.6. The second kappa shape index (κ2) is 9.19. The topological polar surface area (TPSA) is 38.8 Å². The predicted molar refractivity (Wildman–Crippen MR) is 97.1 cm³/mol. The minimum atomic E-state index is -0.348. The van der Waals surface area contributed by atoms with E-state index in [0.717, 1.165) is 26.1 Å². The first-order chi connectivity index (χ1) is 11.4. The van der Waals surface area contributed by atoms with Crippen LogP contribution >= 0.6 is 0 Å². The molecular formula is C20H37NO3. The number of esters is 1. The third kappa shape index (κ3) is 7.10. The van der Waals surface area contributed by atoms with E-state index in [-0.39, 0.29) is 11.6 Å². The highest BCUT2D eigenvalue weighted by Crippen LogP contribution is 2.37. The van der Waals surface area contributed by atoms with Crippen molar-refractivity contribution in [1.82, 2.24) is 4.90 Å². The second-order valence-electron chi connectivity index (χ2n) is 8.87. The van der Waals surface area contributed by atoms with E-state index in [1.165, 1.54) is 58.2 Å². The molecule has 2 aliphatic rings. The summed E-state index contributed by atoms with van der Waals surface area (Å²) in [5.74, 6) is -0.0521. The second-order valence-corrected chi connectivity index (χ2v) is 8.87. The summed E-state index contributed by atoms with van der Waals surface area (Å²) in [7, 11) is 0. The van der Waals surface area contributed by atoms with Gasteiger partial charge in [0.15, 0.2) is 0 Å².